The van der Waals surface area contributed by atoms with Crippen LogP contribution in [0.4, 0.5) is 0 Å². The normalized spacial score (nSPS) is 39.8. The Morgan fingerprint density at radius 2 is 2.08 bits per heavy atom. The largest absolute Gasteiger partial charge is 0.378 e. The molecule has 0 amide bonds. The summed E-state index contributed by atoms with van der Waals surface area (Å²) < 4.78 is 5.68. The summed E-state index contributed by atoms with van der Waals surface area (Å²) in [4.78, 5) is 0. The highest BCUT2D eigenvalue weighted by Gasteiger charge is 2.39. The Labute approximate surface area is 75.5 Å². The lowest BCUT2D eigenvalue weighted by molar-refractivity contribution is 0.0363. The van der Waals surface area contributed by atoms with Crippen LogP contribution in [0.1, 0.15) is 39.5 Å². The summed E-state index contributed by atoms with van der Waals surface area (Å²) in [7, 11) is 0. The van der Waals surface area contributed by atoms with Crippen molar-refractivity contribution >= 4 is 0 Å². The molecule has 1 nitrogen and oxygen atoms in total. The monoisotopic (exact) mass is 168 g/mol. The zero-order valence-corrected chi connectivity index (χ0v) is 8.25. The van der Waals surface area contributed by atoms with Gasteiger partial charge < -0.3 is 4.74 Å². The first kappa shape index (κ1) is 8.55. The third-order valence-corrected chi connectivity index (χ3v) is 3.53. The highest BCUT2D eigenvalue weighted by atomic mass is 16.5. The fourth-order valence-electron chi connectivity index (χ4n) is 2.90. The van der Waals surface area contributed by atoms with Crippen LogP contribution in [0.5, 0.6) is 0 Å². The van der Waals surface area contributed by atoms with Crippen LogP contribution in [0, 0.1) is 17.8 Å². The molecule has 2 fully saturated rings. The van der Waals surface area contributed by atoms with Gasteiger partial charge in [-0.25, -0.2) is 0 Å². The second-order valence-electron chi connectivity index (χ2n) is 4.82. The Hall–Kier alpha value is -0.0400. The van der Waals surface area contributed by atoms with E-state index < -0.39 is 0 Å². The maximum atomic E-state index is 5.68. The van der Waals surface area contributed by atoms with Crippen LogP contribution in [-0.2, 0) is 4.74 Å². The molecule has 3 atom stereocenters. The van der Waals surface area contributed by atoms with Gasteiger partial charge in [-0.1, -0.05) is 6.42 Å². The zero-order valence-electron chi connectivity index (χ0n) is 8.25. The zero-order chi connectivity index (χ0) is 8.55. The average molecular weight is 168 g/mol. The molecular formula is C11H20O. The van der Waals surface area contributed by atoms with Gasteiger partial charge in [0.1, 0.15) is 0 Å². The summed E-state index contributed by atoms with van der Waals surface area (Å²) in [6.07, 6.45) is 6.37. The smallest absolute Gasteiger partial charge is 0.0519 e. The van der Waals surface area contributed by atoms with E-state index in [1.54, 1.807) is 0 Å². The number of hydrogen-bond donors (Lipinski definition) is 0. The van der Waals surface area contributed by atoms with E-state index in [2.05, 4.69) is 13.8 Å². The van der Waals surface area contributed by atoms with Gasteiger partial charge in [0.2, 0.25) is 0 Å². The third-order valence-electron chi connectivity index (χ3n) is 3.53. The van der Waals surface area contributed by atoms with Crippen LogP contribution >= 0.6 is 0 Å². The molecule has 12 heavy (non-hydrogen) atoms. The third kappa shape index (κ3) is 1.66. The summed E-state index contributed by atoms with van der Waals surface area (Å²) >= 11 is 0. The predicted octanol–water partition coefficient (Wildman–Crippen LogP) is 2.85. The summed E-state index contributed by atoms with van der Waals surface area (Å²) in [5, 5.41) is 0. The summed E-state index contributed by atoms with van der Waals surface area (Å²) in [5.74, 6) is 3.00. The lowest BCUT2D eigenvalue weighted by atomic mass is 9.89. The molecule has 0 heterocycles. The minimum Gasteiger partial charge on any atom is -0.378 e. The van der Waals surface area contributed by atoms with Gasteiger partial charge in [-0.05, 0) is 50.9 Å². The van der Waals surface area contributed by atoms with Crippen molar-refractivity contribution < 1.29 is 4.74 Å². The topological polar surface area (TPSA) is 9.23 Å². The highest BCUT2D eigenvalue weighted by molar-refractivity contribution is 4.89. The van der Waals surface area contributed by atoms with Gasteiger partial charge >= 0.3 is 0 Å². The molecule has 0 spiro atoms. The maximum absolute atomic E-state index is 5.68. The van der Waals surface area contributed by atoms with Gasteiger partial charge in [0.25, 0.3) is 0 Å². The summed E-state index contributed by atoms with van der Waals surface area (Å²) in [6, 6.07) is 0. The van der Waals surface area contributed by atoms with Crippen LogP contribution in [0.2, 0.25) is 0 Å². The van der Waals surface area contributed by atoms with E-state index in [1.165, 1.54) is 25.7 Å². The molecule has 2 bridgehead atoms. The predicted molar refractivity (Wildman–Crippen MR) is 50.0 cm³/mol. The fourth-order valence-corrected chi connectivity index (χ4v) is 2.90. The van der Waals surface area contributed by atoms with Crippen LogP contribution in [-0.4, -0.2) is 12.7 Å². The van der Waals surface area contributed by atoms with Crippen molar-refractivity contribution in [3.8, 4) is 0 Å². The second kappa shape index (κ2) is 3.37. The second-order valence-corrected chi connectivity index (χ2v) is 4.82. The quantitative estimate of drug-likeness (QED) is 0.629. The molecule has 70 valence electrons. The van der Waals surface area contributed by atoms with Gasteiger partial charge in [0.15, 0.2) is 0 Å². The Kier molecular flexibility index (Phi) is 2.40. The Morgan fingerprint density at radius 1 is 1.25 bits per heavy atom. The molecule has 2 rings (SSSR count). The number of hydrogen-bond acceptors (Lipinski definition) is 1. The Balaban J connectivity index is 1.76. The summed E-state index contributed by atoms with van der Waals surface area (Å²) in [6.45, 7) is 5.29. The van der Waals surface area contributed by atoms with Crippen molar-refractivity contribution in [1.29, 1.82) is 0 Å². The van der Waals surface area contributed by atoms with Crippen LogP contribution in [0.3, 0.4) is 0 Å². The van der Waals surface area contributed by atoms with Gasteiger partial charge in [-0.3, -0.25) is 0 Å². The van der Waals surface area contributed by atoms with E-state index in [4.69, 9.17) is 4.74 Å². The van der Waals surface area contributed by atoms with Gasteiger partial charge in [0, 0.05) is 0 Å². The molecule has 1 heteroatoms. The maximum Gasteiger partial charge on any atom is 0.0519 e. The standard InChI is InChI=1S/C11H20O/c1-8(2)12-7-11-6-9-3-4-10(11)5-9/h8-11H,3-7H2,1-2H3/t9-,10+,11+/m1/s1. The molecule has 0 aliphatic heterocycles. The molecule has 2 aliphatic carbocycles. The minimum atomic E-state index is 0.420. The van der Waals surface area contributed by atoms with Gasteiger partial charge in [-0.15, -0.1) is 0 Å². The first-order valence-corrected chi connectivity index (χ1v) is 5.37. The molecule has 0 radical (unpaired) electrons. The number of ether oxygens (including phenoxy) is 1. The number of fused-ring (bicyclic) bond motifs is 2. The lowest BCUT2D eigenvalue weighted by Crippen LogP contribution is -2.19. The Bertz CT molecular complexity index is 153. The first-order chi connectivity index (χ1) is 5.75. The SMILES string of the molecule is CC(C)OC[C@@H]1C[C@@H]2CC[C@H]1C2. The first-order valence-electron chi connectivity index (χ1n) is 5.37. The highest BCUT2D eigenvalue weighted by Crippen LogP contribution is 2.48. The van der Waals surface area contributed by atoms with Crippen molar-refractivity contribution in [1.82, 2.24) is 0 Å². The molecule has 2 saturated carbocycles. The molecule has 0 aromatic rings. The van der Waals surface area contributed by atoms with E-state index in [0.29, 0.717) is 6.10 Å². The number of rotatable bonds is 3. The van der Waals surface area contributed by atoms with E-state index in [0.717, 1.165) is 24.4 Å². The van der Waals surface area contributed by atoms with Crippen LogP contribution < -0.4 is 0 Å². The molecule has 0 unspecified atom stereocenters. The molecule has 0 saturated heterocycles. The Morgan fingerprint density at radius 3 is 2.58 bits per heavy atom. The van der Waals surface area contributed by atoms with Crippen molar-refractivity contribution in [2.75, 3.05) is 6.61 Å². The van der Waals surface area contributed by atoms with Crippen molar-refractivity contribution in [2.24, 2.45) is 17.8 Å². The fraction of sp³-hybridized carbons (Fsp3) is 1.00. The van der Waals surface area contributed by atoms with E-state index in [1.807, 2.05) is 0 Å². The van der Waals surface area contributed by atoms with Gasteiger partial charge in [-0.2, -0.15) is 0 Å². The van der Waals surface area contributed by atoms with Crippen molar-refractivity contribution in [2.45, 2.75) is 45.6 Å². The molecule has 0 aromatic heterocycles. The lowest BCUT2D eigenvalue weighted by Gasteiger charge is -2.22. The van der Waals surface area contributed by atoms with E-state index in [9.17, 15) is 0 Å². The van der Waals surface area contributed by atoms with E-state index in [-0.39, 0.29) is 0 Å². The van der Waals surface area contributed by atoms with Crippen molar-refractivity contribution in [3.63, 3.8) is 0 Å². The van der Waals surface area contributed by atoms with E-state index >= 15 is 0 Å². The van der Waals surface area contributed by atoms with Crippen LogP contribution in [0.15, 0.2) is 0 Å². The average Bonchev–Trinajstić information content (AvgIpc) is 2.60. The molecule has 0 aromatic carbocycles. The minimum absolute atomic E-state index is 0.420. The summed E-state index contributed by atoms with van der Waals surface area (Å²) in [5.41, 5.74) is 0. The van der Waals surface area contributed by atoms with Crippen LogP contribution in [0.25, 0.3) is 0 Å². The van der Waals surface area contributed by atoms with Gasteiger partial charge in [0.05, 0.1) is 12.7 Å². The molecule has 2 aliphatic rings. The van der Waals surface area contributed by atoms with Crippen molar-refractivity contribution in [3.05, 3.63) is 0 Å². The molecular weight excluding hydrogens is 148 g/mol. The molecule has 0 N–H and O–H groups in total.